The van der Waals surface area contributed by atoms with Crippen LogP contribution in [0.5, 0.6) is 0 Å². The summed E-state index contributed by atoms with van der Waals surface area (Å²) in [6.07, 6.45) is 10.8. The third-order valence-corrected chi connectivity index (χ3v) is 6.09. The summed E-state index contributed by atoms with van der Waals surface area (Å²) in [6, 6.07) is 6.88. The Morgan fingerprint density at radius 2 is 1.80 bits per heavy atom. The van der Waals surface area contributed by atoms with E-state index < -0.39 is 0 Å². The summed E-state index contributed by atoms with van der Waals surface area (Å²) < 4.78 is 0. The van der Waals surface area contributed by atoms with E-state index in [1.54, 1.807) is 0 Å². The summed E-state index contributed by atoms with van der Waals surface area (Å²) in [5, 5.41) is 3.79. The van der Waals surface area contributed by atoms with Gasteiger partial charge in [-0.05, 0) is 80.4 Å². The summed E-state index contributed by atoms with van der Waals surface area (Å²) in [6.45, 7) is 3.28. The molecule has 0 spiro atoms. The van der Waals surface area contributed by atoms with Gasteiger partial charge in [-0.3, -0.25) is 4.98 Å². The molecular formula is C18H26N2. The highest BCUT2D eigenvalue weighted by molar-refractivity contribution is 5.17. The van der Waals surface area contributed by atoms with Crippen LogP contribution in [0.4, 0.5) is 0 Å². The highest BCUT2D eigenvalue weighted by Gasteiger charge is 2.54. The van der Waals surface area contributed by atoms with Gasteiger partial charge in [0, 0.05) is 6.20 Å². The topological polar surface area (TPSA) is 24.9 Å². The molecule has 4 saturated carbocycles. The average Bonchev–Trinajstić information content (AvgIpc) is 2.44. The largest absolute Gasteiger partial charge is 0.308 e. The van der Waals surface area contributed by atoms with E-state index in [2.05, 4.69) is 24.4 Å². The second-order valence-electron chi connectivity index (χ2n) is 7.53. The van der Waals surface area contributed by atoms with Crippen molar-refractivity contribution in [1.82, 2.24) is 10.3 Å². The Morgan fingerprint density at radius 1 is 1.15 bits per heavy atom. The lowest BCUT2D eigenvalue weighted by Gasteiger charge is -2.59. The number of nitrogens with zero attached hydrogens (tertiary/aromatic N) is 1. The van der Waals surface area contributed by atoms with Crippen molar-refractivity contribution in [2.45, 2.75) is 51.5 Å². The van der Waals surface area contributed by atoms with Gasteiger partial charge in [0.15, 0.2) is 0 Å². The molecule has 1 atom stereocenters. The molecule has 2 heteroatoms. The summed E-state index contributed by atoms with van der Waals surface area (Å²) in [5.74, 6) is 3.02. The van der Waals surface area contributed by atoms with Crippen molar-refractivity contribution in [2.75, 3.05) is 6.54 Å². The first-order valence-corrected chi connectivity index (χ1v) is 8.43. The Balaban J connectivity index is 1.69. The normalized spacial score (nSPS) is 40.0. The summed E-state index contributed by atoms with van der Waals surface area (Å²) >= 11 is 0. The highest BCUT2D eigenvalue weighted by atomic mass is 15.0. The fourth-order valence-corrected chi connectivity index (χ4v) is 5.92. The van der Waals surface area contributed by atoms with Gasteiger partial charge < -0.3 is 5.32 Å². The lowest BCUT2D eigenvalue weighted by molar-refractivity contribution is -0.0753. The van der Waals surface area contributed by atoms with Crippen molar-refractivity contribution in [1.29, 1.82) is 0 Å². The Kier molecular flexibility index (Phi) is 3.10. The Morgan fingerprint density at radius 3 is 2.30 bits per heavy atom. The summed E-state index contributed by atoms with van der Waals surface area (Å²) in [5.41, 5.74) is 1.77. The minimum atomic E-state index is 0.474. The fraction of sp³-hybridized carbons (Fsp3) is 0.722. The van der Waals surface area contributed by atoms with E-state index in [1.807, 2.05) is 12.3 Å². The van der Waals surface area contributed by atoms with Crippen LogP contribution in [0, 0.1) is 23.2 Å². The van der Waals surface area contributed by atoms with Gasteiger partial charge in [0.2, 0.25) is 0 Å². The maximum absolute atomic E-state index is 4.69. The van der Waals surface area contributed by atoms with Gasteiger partial charge in [-0.25, -0.2) is 0 Å². The summed E-state index contributed by atoms with van der Waals surface area (Å²) in [4.78, 5) is 4.69. The first-order valence-electron chi connectivity index (χ1n) is 8.43. The number of rotatable bonds is 4. The number of nitrogens with one attached hydrogen (secondary N) is 1. The molecule has 4 aliphatic carbocycles. The van der Waals surface area contributed by atoms with E-state index in [0.717, 1.165) is 24.3 Å². The van der Waals surface area contributed by atoms with E-state index in [9.17, 15) is 0 Å². The van der Waals surface area contributed by atoms with Crippen LogP contribution in [0.25, 0.3) is 0 Å². The van der Waals surface area contributed by atoms with E-state index in [4.69, 9.17) is 4.98 Å². The first kappa shape index (κ1) is 12.8. The van der Waals surface area contributed by atoms with Crippen LogP contribution in [0.3, 0.4) is 0 Å². The number of aromatic nitrogens is 1. The van der Waals surface area contributed by atoms with E-state index in [1.165, 1.54) is 44.2 Å². The zero-order valence-corrected chi connectivity index (χ0v) is 12.5. The molecule has 0 aliphatic heterocycles. The maximum Gasteiger partial charge on any atom is 0.0578 e. The molecule has 108 valence electrons. The Bertz CT molecular complexity index is 432. The highest BCUT2D eigenvalue weighted by Crippen LogP contribution is 2.63. The molecule has 0 saturated heterocycles. The van der Waals surface area contributed by atoms with Crippen LogP contribution in [-0.4, -0.2) is 11.5 Å². The number of hydrogen-bond acceptors (Lipinski definition) is 2. The van der Waals surface area contributed by atoms with Gasteiger partial charge in [0.1, 0.15) is 0 Å². The van der Waals surface area contributed by atoms with Crippen LogP contribution >= 0.6 is 0 Å². The molecule has 1 heterocycles. The lowest BCUT2D eigenvalue weighted by atomic mass is 9.47. The quantitative estimate of drug-likeness (QED) is 0.896. The van der Waals surface area contributed by atoms with Crippen LogP contribution in [-0.2, 0) is 0 Å². The van der Waals surface area contributed by atoms with Crippen LogP contribution in [0.2, 0.25) is 0 Å². The van der Waals surface area contributed by atoms with E-state index in [-0.39, 0.29) is 0 Å². The molecule has 0 radical (unpaired) electrons. The van der Waals surface area contributed by atoms with Crippen molar-refractivity contribution >= 4 is 0 Å². The molecule has 1 N–H and O–H groups in total. The van der Waals surface area contributed by atoms with Crippen molar-refractivity contribution in [2.24, 2.45) is 23.2 Å². The van der Waals surface area contributed by atoms with Gasteiger partial charge in [0.05, 0.1) is 11.7 Å². The third-order valence-electron chi connectivity index (χ3n) is 6.09. The lowest BCUT2D eigenvalue weighted by Crippen LogP contribution is -2.52. The van der Waals surface area contributed by atoms with Crippen molar-refractivity contribution in [3.8, 4) is 0 Å². The smallest absolute Gasteiger partial charge is 0.0578 e. The molecule has 4 aliphatic rings. The molecule has 1 unspecified atom stereocenters. The van der Waals surface area contributed by atoms with Gasteiger partial charge in [-0.2, -0.15) is 0 Å². The molecule has 4 fully saturated rings. The van der Waals surface area contributed by atoms with Crippen LogP contribution < -0.4 is 5.32 Å². The molecule has 5 rings (SSSR count). The zero-order chi connectivity index (χ0) is 13.6. The van der Waals surface area contributed by atoms with Gasteiger partial charge >= 0.3 is 0 Å². The van der Waals surface area contributed by atoms with Crippen molar-refractivity contribution in [3.63, 3.8) is 0 Å². The minimum absolute atomic E-state index is 0.474. The first-order chi connectivity index (χ1) is 9.79. The third kappa shape index (κ3) is 2.00. The molecule has 0 aromatic carbocycles. The Labute approximate surface area is 122 Å². The monoisotopic (exact) mass is 270 g/mol. The summed E-state index contributed by atoms with van der Waals surface area (Å²) in [7, 11) is 0. The van der Waals surface area contributed by atoms with Crippen molar-refractivity contribution in [3.05, 3.63) is 30.1 Å². The minimum Gasteiger partial charge on any atom is -0.308 e. The molecule has 1 aromatic heterocycles. The molecule has 4 bridgehead atoms. The standard InChI is InChI=1S/C18H26N2/c1-2-19-17(16-5-3-4-6-20-16)18-10-13-7-14(11-18)9-15(8-13)12-18/h3-6,13-15,17,19H,2,7-12H2,1H3. The second kappa shape index (κ2) is 4.84. The number of hydrogen-bond donors (Lipinski definition) is 1. The van der Waals surface area contributed by atoms with Gasteiger partial charge in [-0.15, -0.1) is 0 Å². The van der Waals surface area contributed by atoms with Gasteiger partial charge in [0.25, 0.3) is 0 Å². The molecular weight excluding hydrogens is 244 g/mol. The van der Waals surface area contributed by atoms with E-state index >= 15 is 0 Å². The van der Waals surface area contributed by atoms with Crippen LogP contribution in [0.15, 0.2) is 24.4 Å². The molecule has 20 heavy (non-hydrogen) atoms. The molecule has 0 amide bonds. The molecule has 2 nitrogen and oxygen atoms in total. The SMILES string of the molecule is CCNC(c1ccccn1)C12CC3CC(CC(C3)C1)C2. The maximum atomic E-state index is 4.69. The molecule has 1 aromatic rings. The van der Waals surface area contributed by atoms with E-state index in [0.29, 0.717) is 11.5 Å². The second-order valence-corrected chi connectivity index (χ2v) is 7.53. The Hall–Kier alpha value is -0.890. The predicted molar refractivity (Wildman–Crippen MR) is 81.3 cm³/mol. The average molecular weight is 270 g/mol. The predicted octanol–water partition coefficient (Wildman–Crippen LogP) is 3.95. The van der Waals surface area contributed by atoms with Crippen LogP contribution in [0.1, 0.15) is 57.2 Å². The fourth-order valence-electron chi connectivity index (χ4n) is 5.92. The number of pyridine rings is 1. The zero-order valence-electron chi connectivity index (χ0n) is 12.5. The van der Waals surface area contributed by atoms with Crippen molar-refractivity contribution < 1.29 is 0 Å². The van der Waals surface area contributed by atoms with Gasteiger partial charge in [-0.1, -0.05) is 13.0 Å².